The zero-order chi connectivity index (χ0) is 10.3. The molecule has 0 amide bonds. The van der Waals surface area contributed by atoms with Gasteiger partial charge in [0.2, 0.25) is 0 Å². The molecule has 1 heterocycles. The van der Waals surface area contributed by atoms with Gasteiger partial charge < -0.3 is 0 Å². The van der Waals surface area contributed by atoms with Crippen LogP contribution >= 0.6 is 23.2 Å². The van der Waals surface area contributed by atoms with E-state index in [4.69, 9.17) is 23.2 Å². The molecule has 0 unspecified atom stereocenters. The maximum atomic E-state index is 6.00. The summed E-state index contributed by atoms with van der Waals surface area (Å²) in [5.41, 5.74) is 0.984. The summed E-state index contributed by atoms with van der Waals surface area (Å²) in [4.78, 5) is 0. The molecule has 0 fully saturated rings. The van der Waals surface area contributed by atoms with Gasteiger partial charge in [0, 0.05) is 16.5 Å². The van der Waals surface area contributed by atoms with E-state index in [0.29, 0.717) is 10.2 Å². The Hall–Kier alpha value is -0.730. The minimum atomic E-state index is 0.281. The van der Waals surface area contributed by atoms with Crippen LogP contribution in [0.3, 0.4) is 0 Å². The smallest absolute Gasteiger partial charge is 0.158 e. The molecular weight excluding hydrogens is 219 g/mol. The lowest BCUT2D eigenvalue weighted by atomic mass is 10.2. The summed E-state index contributed by atoms with van der Waals surface area (Å²) >= 11 is 11.9. The molecule has 0 atom stereocenters. The normalized spacial score (nSPS) is 11.5. The summed E-state index contributed by atoms with van der Waals surface area (Å²) in [6.07, 6.45) is 0. The van der Waals surface area contributed by atoms with Gasteiger partial charge in [0.25, 0.3) is 0 Å². The van der Waals surface area contributed by atoms with Crippen LogP contribution in [-0.4, -0.2) is 9.78 Å². The molecule has 0 radical (unpaired) electrons. The average Bonchev–Trinajstić information content (AvgIpc) is 2.43. The number of hydrogen-bond acceptors (Lipinski definition) is 1. The van der Waals surface area contributed by atoms with Crippen molar-refractivity contribution >= 4 is 34.1 Å². The van der Waals surface area contributed by atoms with Crippen molar-refractivity contribution in [2.45, 2.75) is 19.9 Å². The van der Waals surface area contributed by atoms with E-state index in [-0.39, 0.29) is 6.04 Å². The van der Waals surface area contributed by atoms with Gasteiger partial charge in [-0.3, -0.25) is 4.68 Å². The molecule has 0 aliphatic carbocycles. The average molecular weight is 229 g/mol. The van der Waals surface area contributed by atoms with Crippen LogP contribution in [0.1, 0.15) is 19.9 Å². The number of nitrogens with zero attached hydrogens (tertiary/aromatic N) is 2. The van der Waals surface area contributed by atoms with Crippen LogP contribution in [-0.2, 0) is 0 Å². The Morgan fingerprint density at radius 1 is 1.29 bits per heavy atom. The van der Waals surface area contributed by atoms with Crippen molar-refractivity contribution < 1.29 is 0 Å². The van der Waals surface area contributed by atoms with Crippen molar-refractivity contribution in [3.05, 3.63) is 28.4 Å². The zero-order valence-corrected chi connectivity index (χ0v) is 9.47. The molecule has 0 aliphatic rings. The van der Waals surface area contributed by atoms with Crippen LogP contribution in [0, 0.1) is 0 Å². The summed E-state index contributed by atoms with van der Waals surface area (Å²) in [5, 5.41) is 6.44. The van der Waals surface area contributed by atoms with Gasteiger partial charge in [-0.1, -0.05) is 23.2 Å². The molecule has 1 aromatic heterocycles. The van der Waals surface area contributed by atoms with E-state index in [0.717, 1.165) is 10.9 Å². The lowest BCUT2D eigenvalue weighted by molar-refractivity contribution is 0.551. The molecule has 0 spiro atoms. The first-order chi connectivity index (χ1) is 6.59. The van der Waals surface area contributed by atoms with Crippen molar-refractivity contribution in [1.82, 2.24) is 9.78 Å². The number of aromatic nitrogens is 2. The van der Waals surface area contributed by atoms with Crippen molar-refractivity contribution in [3.8, 4) is 0 Å². The first kappa shape index (κ1) is 9.81. The maximum Gasteiger partial charge on any atom is 0.158 e. The lowest BCUT2D eigenvalue weighted by Gasteiger charge is -2.06. The van der Waals surface area contributed by atoms with Crippen LogP contribution in [0.4, 0.5) is 0 Å². The second-order valence-electron chi connectivity index (χ2n) is 3.49. The van der Waals surface area contributed by atoms with Gasteiger partial charge in [-0.05, 0) is 32.0 Å². The predicted molar refractivity (Wildman–Crippen MR) is 60.1 cm³/mol. The Morgan fingerprint density at radius 2 is 2.00 bits per heavy atom. The van der Waals surface area contributed by atoms with E-state index in [1.165, 1.54) is 0 Å². The van der Waals surface area contributed by atoms with E-state index in [2.05, 4.69) is 18.9 Å². The fourth-order valence-electron chi connectivity index (χ4n) is 1.46. The van der Waals surface area contributed by atoms with Crippen LogP contribution in [0.25, 0.3) is 10.9 Å². The molecule has 0 N–H and O–H groups in total. The second kappa shape index (κ2) is 3.44. The lowest BCUT2D eigenvalue weighted by Crippen LogP contribution is -2.01. The Morgan fingerprint density at radius 3 is 2.64 bits per heavy atom. The number of rotatable bonds is 1. The number of halogens is 2. The molecule has 0 bridgehead atoms. The molecule has 4 heteroatoms. The van der Waals surface area contributed by atoms with Gasteiger partial charge in [0.05, 0.1) is 5.52 Å². The van der Waals surface area contributed by atoms with Crippen molar-refractivity contribution in [2.75, 3.05) is 0 Å². The van der Waals surface area contributed by atoms with Crippen LogP contribution in [0.15, 0.2) is 18.2 Å². The van der Waals surface area contributed by atoms with Crippen LogP contribution in [0.5, 0.6) is 0 Å². The monoisotopic (exact) mass is 228 g/mol. The molecular formula is C10H10Cl2N2. The zero-order valence-electron chi connectivity index (χ0n) is 7.96. The maximum absolute atomic E-state index is 6.00. The molecule has 2 nitrogen and oxygen atoms in total. The number of benzene rings is 1. The SMILES string of the molecule is CC(C)n1nc(Cl)c2ccc(Cl)cc21. The molecule has 74 valence electrons. The second-order valence-corrected chi connectivity index (χ2v) is 4.29. The topological polar surface area (TPSA) is 17.8 Å². The van der Waals surface area contributed by atoms with E-state index in [9.17, 15) is 0 Å². The van der Waals surface area contributed by atoms with Crippen molar-refractivity contribution in [2.24, 2.45) is 0 Å². The van der Waals surface area contributed by atoms with Crippen molar-refractivity contribution in [3.63, 3.8) is 0 Å². The fraction of sp³-hybridized carbons (Fsp3) is 0.300. The molecule has 0 saturated heterocycles. The first-order valence-electron chi connectivity index (χ1n) is 4.43. The van der Waals surface area contributed by atoms with Gasteiger partial charge in [0.15, 0.2) is 5.15 Å². The van der Waals surface area contributed by atoms with Gasteiger partial charge in [-0.15, -0.1) is 0 Å². The highest BCUT2D eigenvalue weighted by atomic mass is 35.5. The summed E-state index contributed by atoms with van der Waals surface area (Å²) in [7, 11) is 0. The molecule has 14 heavy (non-hydrogen) atoms. The Kier molecular flexibility index (Phi) is 2.41. The van der Waals surface area contributed by atoms with E-state index in [1.807, 2.05) is 22.9 Å². The van der Waals surface area contributed by atoms with Gasteiger partial charge in [0.1, 0.15) is 0 Å². The summed E-state index contributed by atoms with van der Waals surface area (Å²) in [5.74, 6) is 0. The largest absolute Gasteiger partial charge is 0.261 e. The molecule has 2 aromatic rings. The van der Waals surface area contributed by atoms with E-state index in [1.54, 1.807) is 0 Å². The predicted octanol–water partition coefficient (Wildman–Crippen LogP) is 3.92. The fourth-order valence-corrected chi connectivity index (χ4v) is 1.87. The third kappa shape index (κ3) is 1.49. The van der Waals surface area contributed by atoms with Gasteiger partial charge >= 0.3 is 0 Å². The van der Waals surface area contributed by atoms with Crippen LogP contribution in [0.2, 0.25) is 10.2 Å². The third-order valence-electron chi connectivity index (χ3n) is 2.11. The highest BCUT2D eigenvalue weighted by molar-refractivity contribution is 6.35. The van der Waals surface area contributed by atoms with Gasteiger partial charge in [-0.25, -0.2) is 0 Å². The van der Waals surface area contributed by atoms with E-state index < -0.39 is 0 Å². The Labute approximate surface area is 92.4 Å². The standard InChI is InChI=1S/C10H10Cl2N2/c1-6(2)14-9-5-7(11)3-4-8(9)10(12)13-14/h3-6H,1-2H3. The number of hydrogen-bond donors (Lipinski definition) is 0. The highest BCUT2D eigenvalue weighted by Crippen LogP contribution is 2.27. The van der Waals surface area contributed by atoms with Gasteiger partial charge in [-0.2, -0.15) is 5.10 Å². The molecule has 0 aliphatic heterocycles. The van der Waals surface area contributed by atoms with Crippen molar-refractivity contribution in [1.29, 1.82) is 0 Å². The first-order valence-corrected chi connectivity index (χ1v) is 5.18. The number of fused-ring (bicyclic) bond motifs is 1. The quantitative estimate of drug-likeness (QED) is 0.724. The summed E-state index contributed by atoms with van der Waals surface area (Å²) in [6.45, 7) is 4.12. The molecule has 0 saturated carbocycles. The highest BCUT2D eigenvalue weighted by Gasteiger charge is 2.10. The Balaban J connectivity index is 2.79. The van der Waals surface area contributed by atoms with Crippen LogP contribution < -0.4 is 0 Å². The molecule has 1 aromatic carbocycles. The minimum absolute atomic E-state index is 0.281. The summed E-state index contributed by atoms with van der Waals surface area (Å²) in [6, 6.07) is 5.88. The third-order valence-corrected chi connectivity index (χ3v) is 2.63. The minimum Gasteiger partial charge on any atom is -0.261 e. The van der Waals surface area contributed by atoms with E-state index >= 15 is 0 Å². The molecule has 2 rings (SSSR count). The summed E-state index contributed by atoms with van der Waals surface area (Å²) < 4.78 is 1.88. The Bertz CT molecular complexity index is 474.